The smallest absolute Gasteiger partial charge is 0.311 e. The van der Waals surface area contributed by atoms with E-state index in [1.165, 1.54) is 0 Å². The van der Waals surface area contributed by atoms with E-state index in [-0.39, 0.29) is 13.0 Å². The van der Waals surface area contributed by atoms with Crippen LogP contribution in [0.2, 0.25) is 0 Å². The molecule has 1 aliphatic rings. The Morgan fingerprint density at radius 3 is 2.50 bits per heavy atom. The number of benzene rings is 2. The molecule has 9 heteroatoms. The summed E-state index contributed by atoms with van der Waals surface area (Å²) >= 11 is 0. The number of hydrogen-bond donors (Lipinski definition) is 2. The molecular weight excluding hydrogens is 414 g/mol. The largest absolute Gasteiger partial charge is 0.494 e. The molecule has 0 bridgehead atoms. The van der Waals surface area contributed by atoms with E-state index in [0.29, 0.717) is 23.6 Å². The molecule has 0 radical (unpaired) electrons. The molecule has 3 amide bonds. The Labute approximate surface area is 185 Å². The first-order valence-corrected chi connectivity index (χ1v) is 10.2. The molecule has 2 aromatic rings. The van der Waals surface area contributed by atoms with Crippen LogP contribution in [0.15, 0.2) is 48.5 Å². The Bertz CT molecular complexity index is 1010. The molecular formula is C23H25N3O6. The highest BCUT2D eigenvalue weighted by atomic mass is 16.5. The van der Waals surface area contributed by atoms with Gasteiger partial charge in [0.25, 0.3) is 11.8 Å². The number of hydrogen-bond acceptors (Lipinski definition) is 6. The van der Waals surface area contributed by atoms with Gasteiger partial charge in [-0.15, -0.1) is 0 Å². The molecule has 0 aliphatic carbocycles. The van der Waals surface area contributed by atoms with Gasteiger partial charge >= 0.3 is 5.97 Å². The fourth-order valence-corrected chi connectivity index (χ4v) is 3.24. The lowest BCUT2D eigenvalue weighted by Gasteiger charge is -2.18. The average Bonchev–Trinajstić information content (AvgIpc) is 3.14. The van der Waals surface area contributed by atoms with Crippen molar-refractivity contribution >= 4 is 29.4 Å². The highest BCUT2D eigenvalue weighted by Crippen LogP contribution is 2.19. The second kappa shape index (κ2) is 10.4. The number of carbonyl (C=O) groups is 4. The number of rotatable bonds is 8. The van der Waals surface area contributed by atoms with Crippen molar-refractivity contribution < 1.29 is 28.7 Å². The predicted octanol–water partition coefficient (Wildman–Crippen LogP) is 2.07. The molecule has 2 aromatic carbocycles. The molecule has 0 saturated carbocycles. The quantitative estimate of drug-likeness (QED) is 0.609. The van der Waals surface area contributed by atoms with E-state index >= 15 is 0 Å². The first kappa shape index (κ1) is 22.8. The zero-order chi connectivity index (χ0) is 23.1. The molecule has 1 fully saturated rings. The summed E-state index contributed by atoms with van der Waals surface area (Å²) in [7, 11) is 0. The molecule has 9 nitrogen and oxygen atoms in total. The van der Waals surface area contributed by atoms with Crippen molar-refractivity contribution in [3.8, 4) is 5.75 Å². The van der Waals surface area contributed by atoms with Crippen molar-refractivity contribution in [1.82, 2.24) is 10.4 Å². The molecule has 1 atom stereocenters. The number of nitrogens with one attached hydrogen (secondary N) is 2. The van der Waals surface area contributed by atoms with E-state index in [2.05, 4.69) is 10.7 Å². The summed E-state index contributed by atoms with van der Waals surface area (Å²) in [4.78, 5) is 49.0. The maximum atomic E-state index is 12.4. The van der Waals surface area contributed by atoms with Gasteiger partial charge in [0.2, 0.25) is 5.91 Å². The van der Waals surface area contributed by atoms with Crippen molar-refractivity contribution in [2.45, 2.75) is 20.3 Å². The Morgan fingerprint density at radius 2 is 1.81 bits per heavy atom. The Hall–Kier alpha value is -3.88. The zero-order valence-corrected chi connectivity index (χ0v) is 17.9. The summed E-state index contributed by atoms with van der Waals surface area (Å²) in [6.07, 6.45) is -0.104. The normalized spacial score (nSPS) is 15.2. The molecule has 3 rings (SSSR count). The zero-order valence-electron chi connectivity index (χ0n) is 17.9. The number of amides is 3. The first-order chi connectivity index (χ1) is 15.4. The fourth-order valence-electron chi connectivity index (χ4n) is 3.24. The monoisotopic (exact) mass is 439 g/mol. The lowest BCUT2D eigenvalue weighted by Crippen LogP contribution is -2.43. The van der Waals surface area contributed by atoms with Crippen LogP contribution in [0.1, 0.15) is 29.3 Å². The van der Waals surface area contributed by atoms with Crippen LogP contribution in [-0.4, -0.2) is 48.5 Å². The van der Waals surface area contributed by atoms with E-state index in [9.17, 15) is 19.2 Å². The van der Waals surface area contributed by atoms with Crippen molar-refractivity contribution in [3.05, 3.63) is 59.7 Å². The van der Waals surface area contributed by atoms with E-state index in [0.717, 1.165) is 10.6 Å². The van der Waals surface area contributed by atoms with Crippen LogP contribution in [0, 0.1) is 12.8 Å². The highest BCUT2D eigenvalue weighted by Gasteiger charge is 2.36. The molecule has 1 aliphatic heterocycles. The Balaban J connectivity index is 1.46. The maximum absolute atomic E-state index is 12.4. The number of nitrogens with zero attached hydrogens (tertiary/aromatic N) is 1. The van der Waals surface area contributed by atoms with Gasteiger partial charge in [-0.05, 0) is 49.7 Å². The number of aryl methyl sites for hydroxylation is 1. The predicted molar refractivity (Wildman–Crippen MR) is 116 cm³/mol. The molecule has 0 aromatic heterocycles. The summed E-state index contributed by atoms with van der Waals surface area (Å²) in [5.74, 6) is -2.09. The van der Waals surface area contributed by atoms with Gasteiger partial charge < -0.3 is 14.8 Å². The number of carbonyl (C=O) groups excluding carboxylic acids is 4. The Kier molecular flexibility index (Phi) is 7.43. The Morgan fingerprint density at radius 1 is 1.09 bits per heavy atom. The van der Waals surface area contributed by atoms with E-state index in [1.54, 1.807) is 49.4 Å². The van der Waals surface area contributed by atoms with Crippen LogP contribution in [0.25, 0.3) is 0 Å². The highest BCUT2D eigenvalue weighted by molar-refractivity contribution is 5.98. The molecule has 0 unspecified atom stereocenters. The lowest BCUT2D eigenvalue weighted by molar-refractivity contribution is -0.151. The summed E-state index contributed by atoms with van der Waals surface area (Å²) in [6.45, 7) is 3.71. The maximum Gasteiger partial charge on any atom is 0.311 e. The third-order valence-corrected chi connectivity index (χ3v) is 4.88. The first-order valence-electron chi connectivity index (χ1n) is 10.2. The molecule has 2 N–H and O–H groups in total. The third kappa shape index (κ3) is 5.84. The summed E-state index contributed by atoms with van der Waals surface area (Å²) in [5, 5.41) is 3.73. The molecule has 0 spiro atoms. The van der Waals surface area contributed by atoms with Crippen LogP contribution in [0.5, 0.6) is 5.75 Å². The van der Waals surface area contributed by atoms with Crippen LogP contribution >= 0.6 is 0 Å². The minimum Gasteiger partial charge on any atom is -0.494 e. The SMILES string of the molecule is CCOc1ccc(NC(=O)COC(=O)[C@@H]2CC(=O)N(NC(=O)c3ccccc3C)C2)cc1. The van der Waals surface area contributed by atoms with Gasteiger partial charge in [0.15, 0.2) is 6.61 Å². The van der Waals surface area contributed by atoms with Gasteiger partial charge in [-0.1, -0.05) is 18.2 Å². The molecule has 32 heavy (non-hydrogen) atoms. The number of anilines is 1. The van der Waals surface area contributed by atoms with Crippen molar-refractivity contribution in [3.63, 3.8) is 0 Å². The molecule has 1 heterocycles. The number of esters is 1. The van der Waals surface area contributed by atoms with E-state index < -0.39 is 36.2 Å². The van der Waals surface area contributed by atoms with Gasteiger partial charge in [0.05, 0.1) is 19.1 Å². The van der Waals surface area contributed by atoms with Crippen LogP contribution in [-0.2, 0) is 19.1 Å². The van der Waals surface area contributed by atoms with Crippen molar-refractivity contribution in [1.29, 1.82) is 0 Å². The second-order valence-electron chi connectivity index (χ2n) is 7.27. The van der Waals surface area contributed by atoms with Gasteiger partial charge in [0.1, 0.15) is 5.75 Å². The third-order valence-electron chi connectivity index (χ3n) is 4.88. The minimum atomic E-state index is -0.766. The van der Waals surface area contributed by atoms with Crippen molar-refractivity contribution in [2.75, 3.05) is 25.1 Å². The second-order valence-corrected chi connectivity index (χ2v) is 7.27. The summed E-state index contributed by atoms with van der Waals surface area (Å²) in [5.41, 5.74) is 4.28. The van der Waals surface area contributed by atoms with Gasteiger partial charge in [-0.2, -0.15) is 0 Å². The van der Waals surface area contributed by atoms with Gasteiger partial charge in [0, 0.05) is 17.7 Å². The standard InChI is InChI=1S/C23H25N3O6/c1-3-31-18-10-8-17(9-11-18)24-20(27)14-32-23(30)16-12-21(28)26(13-16)25-22(29)19-7-5-4-6-15(19)2/h4-11,16H,3,12-14H2,1-2H3,(H,24,27)(H,25,29)/t16-/m1/s1. The van der Waals surface area contributed by atoms with Crippen LogP contribution in [0.4, 0.5) is 5.69 Å². The van der Waals surface area contributed by atoms with E-state index in [1.807, 2.05) is 13.0 Å². The average molecular weight is 439 g/mol. The lowest BCUT2D eigenvalue weighted by atomic mass is 10.1. The number of ether oxygens (including phenoxy) is 2. The van der Waals surface area contributed by atoms with Crippen LogP contribution < -0.4 is 15.5 Å². The van der Waals surface area contributed by atoms with Crippen LogP contribution in [0.3, 0.4) is 0 Å². The van der Waals surface area contributed by atoms with Gasteiger partial charge in [-0.25, -0.2) is 0 Å². The molecule has 168 valence electrons. The summed E-state index contributed by atoms with van der Waals surface area (Å²) in [6, 6.07) is 13.8. The summed E-state index contributed by atoms with van der Waals surface area (Å²) < 4.78 is 10.4. The molecule has 1 saturated heterocycles. The van der Waals surface area contributed by atoms with E-state index in [4.69, 9.17) is 9.47 Å². The topological polar surface area (TPSA) is 114 Å². The van der Waals surface area contributed by atoms with Gasteiger partial charge in [-0.3, -0.25) is 29.6 Å². The minimum absolute atomic E-state index is 0.0181. The number of hydrazine groups is 1. The van der Waals surface area contributed by atoms with Crippen molar-refractivity contribution in [2.24, 2.45) is 5.92 Å². The fraction of sp³-hybridized carbons (Fsp3) is 0.304.